The number of pyridine rings is 1. The van der Waals surface area contributed by atoms with Crippen LogP contribution < -0.4 is 10.4 Å². The summed E-state index contributed by atoms with van der Waals surface area (Å²) in [7, 11) is 0. The third kappa shape index (κ3) is 3.86. The lowest BCUT2D eigenvalue weighted by Crippen LogP contribution is -2.24. The van der Waals surface area contributed by atoms with Crippen molar-refractivity contribution in [2.45, 2.75) is 37.8 Å². The van der Waals surface area contributed by atoms with Gasteiger partial charge in [0.2, 0.25) is 0 Å². The summed E-state index contributed by atoms with van der Waals surface area (Å²) < 4.78 is 40.5. The fourth-order valence-electron chi connectivity index (χ4n) is 5.10. The number of aryl methyl sites for hydroxylation is 1. The van der Waals surface area contributed by atoms with E-state index in [-0.39, 0.29) is 17.4 Å². The normalized spacial score (nSPS) is 19.3. The number of fused-ring (bicyclic) bond motifs is 4. The van der Waals surface area contributed by atoms with E-state index in [0.29, 0.717) is 17.9 Å². The average Bonchev–Trinajstić information content (AvgIpc) is 2.76. The molecular weight excluding hydrogens is 431 g/mol. The Morgan fingerprint density at radius 1 is 1.03 bits per heavy atom. The van der Waals surface area contributed by atoms with Crippen LogP contribution in [0.3, 0.4) is 0 Å². The fourth-order valence-corrected chi connectivity index (χ4v) is 5.28. The van der Waals surface area contributed by atoms with Crippen LogP contribution in [0.4, 0.5) is 13.2 Å². The molecule has 0 bridgehead atoms. The van der Waals surface area contributed by atoms with E-state index in [0.717, 1.165) is 34.6 Å². The first kappa shape index (κ1) is 21.3. The fraction of sp³-hybridized carbons (Fsp3) is 0.259. The molecule has 1 radical (unpaired) electrons. The highest BCUT2D eigenvalue weighted by atomic mass is 35.5. The van der Waals surface area contributed by atoms with Crippen LogP contribution in [-0.2, 0) is 19.0 Å². The van der Waals surface area contributed by atoms with Crippen molar-refractivity contribution in [2.24, 2.45) is 5.92 Å². The predicted molar refractivity (Wildman–Crippen MR) is 121 cm³/mol. The van der Waals surface area contributed by atoms with E-state index in [1.165, 1.54) is 28.7 Å². The summed E-state index contributed by atoms with van der Waals surface area (Å²) >= 11 is 6.26. The number of hydrogen-bond acceptors (Lipinski definition) is 1. The molecule has 0 saturated heterocycles. The maximum atomic E-state index is 13.5. The lowest BCUT2D eigenvalue weighted by molar-refractivity contribution is -0.138. The van der Waals surface area contributed by atoms with Gasteiger partial charge in [0.1, 0.15) is 0 Å². The van der Waals surface area contributed by atoms with E-state index in [4.69, 9.17) is 11.6 Å². The van der Waals surface area contributed by atoms with Crippen LogP contribution in [0.5, 0.6) is 0 Å². The molecule has 0 amide bonds. The first-order valence-corrected chi connectivity index (χ1v) is 11.2. The lowest BCUT2D eigenvalue weighted by atomic mass is 9.79. The monoisotopic (exact) mass is 452 g/mol. The summed E-state index contributed by atoms with van der Waals surface area (Å²) in [6, 6.07) is 11.2. The molecule has 32 heavy (non-hydrogen) atoms. The topological polar surface area (TPSA) is 12.9 Å². The van der Waals surface area contributed by atoms with E-state index in [1.54, 1.807) is 0 Å². The van der Waals surface area contributed by atoms with Gasteiger partial charge in [-0.05, 0) is 94.3 Å². The van der Waals surface area contributed by atoms with Crippen molar-refractivity contribution in [3.8, 4) is 0 Å². The number of alkyl halides is 3. The number of benzene rings is 2. The maximum absolute atomic E-state index is 13.5. The molecule has 5 rings (SSSR count). The van der Waals surface area contributed by atoms with Gasteiger partial charge in [-0.3, -0.25) is 4.98 Å². The van der Waals surface area contributed by atoms with Crippen LogP contribution in [0.1, 0.15) is 41.0 Å². The van der Waals surface area contributed by atoms with Crippen LogP contribution in [-0.4, -0.2) is 4.98 Å². The molecule has 1 nitrogen and oxygen atoms in total. The molecular formula is C27H22ClF3N. The molecule has 0 N–H and O–H groups in total. The first-order chi connectivity index (χ1) is 15.3. The van der Waals surface area contributed by atoms with Crippen LogP contribution in [0.2, 0.25) is 5.02 Å². The summed E-state index contributed by atoms with van der Waals surface area (Å²) in [5, 5.41) is 5.16. The zero-order chi connectivity index (χ0) is 22.5. The number of aromatic nitrogens is 1. The number of rotatable bonds is 3. The van der Waals surface area contributed by atoms with E-state index in [2.05, 4.69) is 36.2 Å². The van der Waals surface area contributed by atoms with Crippen molar-refractivity contribution in [2.75, 3.05) is 0 Å². The molecule has 0 fully saturated rings. The lowest BCUT2D eigenvalue weighted by Gasteiger charge is -2.25. The molecule has 1 heterocycles. The van der Waals surface area contributed by atoms with Crippen LogP contribution in [0, 0.1) is 23.3 Å². The summed E-state index contributed by atoms with van der Waals surface area (Å²) in [5.41, 5.74) is 2.17. The van der Waals surface area contributed by atoms with Gasteiger partial charge in [0.05, 0.1) is 5.56 Å². The summed E-state index contributed by atoms with van der Waals surface area (Å²) in [6.45, 7) is 4.19. The summed E-state index contributed by atoms with van der Waals surface area (Å²) in [5.74, 6) is 0.282. The Bertz CT molecular complexity index is 1410. The zero-order valence-electron chi connectivity index (χ0n) is 17.4. The minimum atomic E-state index is -4.39. The highest BCUT2D eigenvalue weighted by Gasteiger charge is 2.33. The first-order valence-electron chi connectivity index (χ1n) is 10.8. The largest absolute Gasteiger partial charge is 0.416 e. The van der Waals surface area contributed by atoms with Crippen molar-refractivity contribution in [3.05, 3.63) is 104 Å². The van der Waals surface area contributed by atoms with Crippen LogP contribution in [0.25, 0.3) is 12.2 Å². The molecule has 3 aromatic rings. The van der Waals surface area contributed by atoms with E-state index >= 15 is 0 Å². The predicted octanol–water partition coefficient (Wildman–Crippen LogP) is 5.73. The molecule has 163 valence electrons. The van der Waals surface area contributed by atoms with Crippen molar-refractivity contribution in [1.82, 2.24) is 4.98 Å². The average molecular weight is 453 g/mol. The summed E-state index contributed by atoms with van der Waals surface area (Å²) in [6.07, 6.45) is 5.31. The van der Waals surface area contributed by atoms with Gasteiger partial charge in [-0.1, -0.05) is 42.0 Å². The molecule has 2 aromatic carbocycles. The SMILES string of the molecule is [CH2]C1C=c2ccc3c(c2CC1)C(CCc1cnccc1C(F)(F)F)C=c1cc(Cl)ccc1=3. The van der Waals surface area contributed by atoms with Gasteiger partial charge in [0, 0.05) is 23.3 Å². The zero-order valence-corrected chi connectivity index (χ0v) is 18.2. The van der Waals surface area contributed by atoms with Gasteiger partial charge in [-0.15, -0.1) is 0 Å². The Morgan fingerprint density at radius 3 is 2.66 bits per heavy atom. The Morgan fingerprint density at radius 2 is 1.84 bits per heavy atom. The highest BCUT2D eigenvalue weighted by Crippen LogP contribution is 2.35. The number of hydrogen-bond donors (Lipinski definition) is 0. The van der Waals surface area contributed by atoms with Crippen molar-refractivity contribution in [1.29, 1.82) is 0 Å². The smallest absolute Gasteiger partial charge is 0.264 e. The van der Waals surface area contributed by atoms with Crippen molar-refractivity contribution >= 4 is 23.8 Å². The minimum absolute atomic E-state index is 0.00183. The second-order valence-electron chi connectivity index (χ2n) is 8.63. The Hall–Kier alpha value is -2.59. The second-order valence-corrected chi connectivity index (χ2v) is 9.07. The van der Waals surface area contributed by atoms with Gasteiger partial charge in [0.15, 0.2) is 0 Å². The third-order valence-corrected chi connectivity index (χ3v) is 6.80. The van der Waals surface area contributed by atoms with Crippen LogP contribution in [0.15, 0.2) is 48.8 Å². The van der Waals surface area contributed by atoms with Gasteiger partial charge in [0.25, 0.3) is 0 Å². The molecule has 2 unspecified atom stereocenters. The molecule has 0 saturated carbocycles. The van der Waals surface area contributed by atoms with Gasteiger partial charge in [-0.25, -0.2) is 0 Å². The van der Waals surface area contributed by atoms with Crippen LogP contribution >= 0.6 is 11.6 Å². The molecule has 0 spiro atoms. The molecule has 2 aliphatic carbocycles. The van der Waals surface area contributed by atoms with Crippen molar-refractivity contribution < 1.29 is 13.2 Å². The van der Waals surface area contributed by atoms with Gasteiger partial charge in [-0.2, -0.15) is 13.2 Å². The minimum Gasteiger partial charge on any atom is -0.264 e. The van der Waals surface area contributed by atoms with E-state index in [9.17, 15) is 13.2 Å². The number of halogens is 4. The Labute approximate surface area is 189 Å². The quantitative estimate of drug-likeness (QED) is 0.494. The second kappa shape index (κ2) is 8.08. The number of nitrogens with zero attached hydrogens (tertiary/aromatic N) is 1. The standard InChI is InChI=1S/C27H22ClF3N/c1-16-2-7-23-17(12-16)5-8-24-22-9-6-21(28)14-20(22)13-18(26(23)24)3-4-19-15-32-11-10-25(19)27(29,30)31/h5-6,8-16,18H,1-4,7H2. The molecule has 2 aliphatic rings. The van der Waals surface area contributed by atoms with E-state index in [1.807, 2.05) is 18.2 Å². The maximum Gasteiger partial charge on any atom is 0.416 e. The molecule has 0 aliphatic heterocycles. The molecule has 1 aromatic heterocycles. The van der Waals surface area contributed by atoms with E-state index < -0.39 is 11.7 Å². The van der Waals surface area contributed by atoms with Gasteiger partial charge < -0.3 is 0 Å². The van der Waals surface area contributed by atoms with Gasteiger partial charge >= 0.3 is 6.18 Å². The Balaban J connectivity index is 1.65. The Kier molecular flexibility index (Phi) is 5.37. The molecule has 5 heteroatoms. The summed E-state index contributed by atoms with van der Waals surface area (Å²) in [4.78, 5) is 3.95. The molecule has 2 atom stereocenters. The third-order valence-electron chi connectivity index (χ3n) is 6.56. The van der Waals surface area contributed by atoms with Crippen molar-refractivity contribution in [3.63, 3.8) is 0 Å². The highest BCUT2D eigenvalue weighted by molar-refractivity contribution is 6.30.